The van der Waals surface area contributed by atoms with Crippen LogP contribution in [0.5, 0.6) is 0 Å². The van der Waals surface area contributed by atoms with Crippen LogP contribution in [0, 0.1) is 0 Å². The summed E-state index contributed by atoms with van der Waals surface area (Å²) in [6.07, 6.45) is 5.38. The van der Waals surface area contributed by atoms with E-state index < -0.39 is 0 Å². The number of hydrogen-bond acceptors (Lipinski definition) is 5. The fourth-order valence-electron chi connectivity index (χ4n) is 1.02. The minimum Gasteiger partial charge on any atom is -0.326 e. The fourth-order valence-corrected chi connectivity index (χ4v) is 2.71. The van der Waals surface area contributed by atoms with E-state index in [-0.39, 0.29) is 0 Å². The minimum atomic E-state index is 0.515. The van der Waals surface area contributed by atoms with Crippen molar-refractivity contribution in [2.75, 3.05) is 0 Å². The lowest BCUT2D eigenvalue weighted by atomic mass is 10.3. The van der Waals surface area contributed by atoms with Gasteiger partial charge in [-0.2, -0.15) is 0 Å². The summed E-state index contributed by atoms with van der Waals surface area (Å²) in [6.45, 7) is 0.515. The first-order valence-corrected chi connectivity index (χ1v) is 5.80. The zero-order valence-corrected chi connectivity index (χ0v) is 9.02. The van der Waals surface area contributed by atoms with E-state index in [1.54, 1.807) is 41.7 Å². The van der Waals surface area contributed by atoms with Crippen molar-refractivity contribution in [2.24, 2.45) is 5.73 Å². The lowest BCUT2D eigenvalue weighted by molar-refractivity contribution is 0.999. The van der Waals surface area contributed by atoms with Crippen molar-refractivity contribution in [3.05, 3.63) is 35.6 Å². The highest BCUT2D eigenvalue weighted by atomic mass is 32.2. The highest BCUT2D eigenvalue weighted by molar-refractivity contribution is 8.01. The molecule has 0 radical (unpaired) electrons. The molecule has 0 aromatic carbocycles. The Morgan fingerprint density at radius 2 is 2.36 bits per heavy atom. The van der Waals surface area contributed by atoms with Gasteiger partial charge in [0.15, 0.2) is 4.34 Å². The van der Waals surface area contributed by atoms with Crippen molar-refractivity contribution in [3.8, 4) is 0 Å². The quantitative estimate of drug-likeness (QED) is 0.866. The topological polar surface area (TPSA) is 51.8 Å². The van der Waals surface area contributed by atoms with E-state index in [4.69, 9.17) is 5.73 Å². The van der Waals surface area contributed by atoms with Gasteiger partial charge in [0, 0.05) is 35.4 Å². The predicted molar refractivity (Wildman–Crippen MR) is 58.4 cm³/mol. The average Bonchev–Trinajstić information content (AvgIpc) is 2.71. The summed E-state index contributed by atoms with van der Waals surface area (Å²) in [7, 11) is 0. The van der Waals surface area contributed by atoms with Crippen LogP contribution in [0.2, 0.25) is 0 Å². The number of pyridine rings is 1. The van der Waals surface area contributed by atoms with Crippen LogP contribution >= 0.6 is 23.1 Å². The first-order valence-electron chi connectivity index (χ1n) is 4.10. The summed E-state index contributed by atoms with van der Waals surface area (Å²) in [5, 5.41) is 1.96. The van der Waals surface area contributed by atoms with Crippen molar-refractivity contribution in [1.82, 2.24) is 9.97 Å². The monoisotopic (exact) mass is 223 g/mol. The maximum absolute atomic E-state index is 5.61. The molecule has 0 aliphatic rings. The lowest BCUT2D eigenvalue weighted by Gasteiger charge is -2.03. The Bertz CT molecular complexity index is 400. The van der Waals surface area contributed by atoms with Crippen molar-refractivity contribution < 1.29 is 0 Å². The van der Waals surface area contributed by atoms with Gasteiger partial charge in [0.05, 0.1) is 0 Å². The van der Waals surface area contributed by atoms with Gasteiger partial charge >= 0.3 is 0 Å². The number of hydrogen-bond donors (Lipinski definition) is 1. The van der Waals surface area contributed by atoms with Crippen LogP contribution in [0.3, 0.4) is 0 Å². The van der Waals surface area contributed by atoms with Crippen molar-refractivity contribution in [1.29, 1.82) is 0 Å². The normalized spacial score (nSPS) is 10.4. The molecule has 0 saturated heterocycles. The molecule has 0 aliphatic carbocycles. The molecule has 3 nitrogen and oxygen atoms in total. The van der Waals surface area contributed by atoms with Crippen molar-refractivity contribution in [2.45, 2.75) is 15.8 Å². The third kappa shape index (κ3) is 2.12. The average molecular weight is 223 g/mol. The Morgan fingerprint density at radius 1 is 1.43 bits per heavy atom. The van der Waals surface area contributed by atoms with Gasteiger partial charge in [-0.05, 0) is 11.6 Å². The van der Waals surface area contributed by atoms with Crippen LogP contribution < -0.4 is 5.73 Å². The summed E-state index contributed by atoms with van der Waals surface area (Å²) in [6, 6.07) is 1.97. The van der Waals surface area contributed by atoms with E-state index in [1.165, 1.54) is 0 Å². The third-order valence-corrected chi connectivity index (χ3v) is 3.69. The van der Waals surface area contributed by atoms with Crippen LogP contribution in [-0.4, -0.2) is 9.97 Å². The molecule has 2 heterocycles. The van der Waals surface area contributed by atoms with Crippen molar-refractivity contribution in [3.63, 3.8) is 0 Å². The maximum Gasteiger partial charge on any atom is 0.154 e. The molecular formula is C9H9N3S2. The summed E-state index contributed by atoms with van der Waals surface area (Å²) in [5.74, 6) is 0. The van der Waals surface area contributed by atoms with E-state index in [9.17, 15) is 0 Å². The molecule has 72 valence electrons. The summed E-state index contributed by atoms with van der Waals surface area (Å²) < 4.78 is 1.03. The van der Waals surface area contributed by atoms with Gasteiger partial charge in [0.1, 0.15) is 0 Å². The number of rotatable bonds is 3. The molecule has 0 unspecified atom stereocenters. The Balaban J connectivity index is 2.24. The lowest BCUT2D eigenvalue weighted by Crippen LogP contribution is -1.98. The van der Waals surface area contributed by atoms with Crippen LogP contribution in [0.1, 0.15) is 5.56 Å². The highest BCUT2D eigenvalue weighted by Crippen LogP contribution is 2.30. The second-order valence-electron chi connectivity index (χ2n) is 2.59. The van der Waals surface area contributed by atoms with Crippen LogP contribution in [-0.2, 0) is 6.54 Å². The maximum atomic E-state index is 5.61. The molecule has 2 rings (SSSR count). The molecule has 2 aromatic rings. The van der Waals surface area contributed by atoms with E-state index in [0.29, 0.717) is 6.54 Å². The van der Waals surface area contributed by atoms with Gasteiger partial charge in [0.2, 0.25) is 0 Å². The second kappa shape index (κ2) is 4.54. The van der Waals surface area contributed by atoms with Gasteiger partial charge in [0.25, 0.3) is 0 Å². The first-order chi connectivity index (χ1) is 6.90. The van der Waals surface area contributed by atoms with Gasteiger partial charge in [-0.1, -0.05) is 11.8 Å². The fraction of sp³-hybridized carbons (Fsp3) is 0.111. The molecule has 2 N–H and O–H groups in total. The number of aromatic nitrogens is 2. The predicted octanol–water partition coefficient (Wildman–Crippen LogP) is 2.15. The minimum absolute atomic E-state index is 0.515. The van der Waals surface area contributed by atoms with Gasteiger partial charge in [-0.25, -0.2) is 4.98 Å². The Labute approximate surface area is 90.4 Å². The Morgan fingerprint density at radius 3 is 3.07 bits per heavy atom. The van der Waals surface area contributed by atoms with Crippen LogP contribution in [0.25, 0.3) is 0 Å². The number of thiazole rings is 1. The van der Waals surface area contributed by atoms with Crippen LogP contribution in [0.4, 0.5) is 0 Å². The standard InChI is InChI=1S/C9H9N3S2/c10-5-7-6-11-2-1-8(7)14-9-12-3-4-13-9/h1-4,6H,5,10H2. The van der Waals surface area contributed by atoms with Gasteiger partial charge in [-0.15, -0.1) is 11.3 Å². The number of nitrogens with two attached hydrogens (primary N) is 1. The number of nitrogens with zero attached hydrogens (tertiary/aromatic N) is 2. The third-order valence-electron chi connectivity index (χ3n) is 1.69. The molecule has 0 aliphatic heterocycles. The van der Waals surface area contributed by atoms with E-state index >= 15 is 0 Å². The second-order valence-corrected chi connectivity index (χ2v) is 4.77. The summed E-state index contributed by atoms with van der Waals surface area (Å²) >= 11 is 3.26. The van der Waals surface area contributed by atoms with E-state index in [0.717, 1.165) is 14.8 Å². The Kier molecular flexibility index (Phi) is 3.13. The SMILES string of the molecule is NCc1cnccc1Sc1nccs1. The molecule has 0 atom stereocenters. The Hall–Kier alpha value is -0.910. The summed E-state index contributed by atoms with van der Waals surface area (Å²) in [5.41, 5.74) is 6.67. The zero-order valence-electron chi connectivity index (χ0n) is 7.38. The van der Waals surface area contributed by atoms with E-state index in [1.807, 2.05) is 11.4 Å². The van der Waals surface area contributed by atoms with Gasteiger partial charge in [-0.3, -0.25) is 4.98 Å². The highest BCUT2D eigenvalue weighted by Gasteiger charge is 2.04. The first kappa shape index (κ1) is 9.64. The van der Waals surface area contributed by atoms with Crippen LogP contribution in [0.15, 0.2) is 39.3 Å². The zero-order chi connectivity index (χ0) is 9.80. The smallest absolute Gasteiger partial charge is 0.154 e. The van der Waals surface area contributed by atoms with Gasteiger partial charge < -0.3 is 5.73 Å². The molecule has 5 heteroatoms. The molecule has 0 saturated carbocycles. The molecular weight excluding hydrogens is 214 g/mol. The molecule has 0 bridgehead atoms. The van der Waals surface area contributed by atoms with E-state index in [2.05, 4.69) is 9.97 Å². The molecule has 0 amide bonds. The largest absolute Gasteiger partial charge is 0.326 e. The van der Waals surface area contributed by atoms with Crippen molar-refractivity contribution >= 4 is 23.1 Å². The summed E-state index contributed by atoms with van der Waals surface area (Å²) in [4.78, 5) is 9.38. The molecule has 2 aromatic heterocycles. The molecule has 14 heavy (non-hydrogen) atoms. The molecule has 0 spiro atoms. The molecule has 0 fully saturated rings.